The van der Waals surface area contributed by atoms with Gasteiger partial charge in [-0.05, 0) is 23.6 Å². The molecule has 0 aromatic carbocycles. The Balaban J connectivity index is 1.86. The van der Waals surface area contributed by atoms with Gasteiger partial charge in [0.25, 0.3) is 0 Å². The monoisotopic (exact) mass is 332 g/mol. The Morgan fingerprint density at radius 2 is 2.45 bits per heavy atom. The Morgan fingerprint density at radius 1 is 1.55 bits per heavy atom. The number of hydrogen-bond acceptors (Lipinski definition) is 6. The van der Waals surface area contributed by atoms with Gasteiger partial charge in [-0.2, -0.15) is 4.98 Å². The number of carbonyl (C=O) groups excluding carboxylic acids is 1. The minimum atomic E-state index is -0.166. The van der Waals surface area contributed by atoms with Crippen molar-refractivity contribution in [3.63, 3.8) is 0 Å². The molecule has 7 heteroatoms. The molecule has 1 N–H and O–H groups in total. The number of anilines is 1. The van der Waals surface area contributed by atoms with Crippen LogP contribution in [-0.4, -0.2) is 26.3 Å². The van der Waals surface area contributed by atoms with Crippen molar-refractivity contribution in [2.75, 3.05) is 11.1 Å². The van der Waals surface area contributed by atoms with Gasteiger partial charge in [-0.1, -0.05) is 30.8 Å². The Labute approximate surface area is 136 Å². The van der Waals surface area contributed by atoms with Crippen LogP contribution in [0.5, 0.6) is 0 Å². The van der Waals surface area contributed by atoms with E-state index >= 15 is 0 Å². The molecule has 114 valence electrons. The van der Waals surface area contributed by atoms with E-state index < -0.39 is 0 Å². The minimum Gasteiger partial charge on any atom is -0.328 e. The summed E-state index contributed by atoms with van der Waals surface area (Å²) in [6.07, 6.45) is 3.55. The summed E-state index contributed by atoms with van der Waals surface area (Å²) >= 11 is 3.29. The van der Waals surface area contributed by atoms with Crippen molar-refractivity contribution < 1.29 is 4.79 Å². The number of carbonyl (C=O) groups is 1. The summed E-state index contributed by atoms with van der Waals surface area (Å²) in [6.45, 7) is 2.08. The maximum absolute atomic E-state index is 12.5. The molecule has 4 rings (SSSR count). The maximum Gasteiger partial charge on any atom is 0.227 e. The molecule has 2 aromatic heterocycles. The van der Waals surface area contributed by atoms with Gasteiger partial charge in [0.2, 0.25) is 11.1 Å². The smallest absolute Gasteiger partial charge is 0.227 e. The summed E-state index contributed by atoms with van der Waals surface area (Å²) in [7, 11) is 0. The molecule has 0 fully saturated rings. The Hall–Kier alpha value is -1.60. The fourth-order valence-corrected chi connectivity index (χ4v) is 4.49. The van der Waals surface area contributed by atoms with Crippen molar-refractivity contribution in [2.24, 2.45) is 5.92 Å². The first-order valence-electron chi connectivity index (χ1n) is 7.40. The van der Waals surface area contributed by atoms with E-state index in [2.05, 4.69) is 34.5 Å². The second-order valence-corrected chi connectivity index (χ2v) is 7.53. The van der Waals surface area contributed by atoms with E-state index in [-0.39, 0.29) is 17.7 Å². The van der Waals surface area contributed by atoms with Crippen molar-refractivity contribution in [2.45, 2.75) is 31.0 Å². The zero-order chi connectivity index (χ0) is 15.1. The summed E-state index contributed by atoms with van der Waals surface area (Å²) in [5.74, 6) is 1.79. The molecule has 0 spiro atoms. The molecule has 2 aliphatic rings. The van der Waals surface area contributed by atoms with Gasteiger partial charge in [-0.25, -0.2) is 4.68 Å². The van der Waals surface area contributed by atoms with Crippen LogP contribution >= 0.6 is 23.1 Å². The molecule has 0 saturated heterocycles. The van der Waals surface area contributed by atoms with Gasteiger partial charge in [0, 0.05) is 17.0 Å². The van der Waals surface area contributed by atoms with E-state index in [1.807, 2.05) is 16.1 Å². The lowest BCUT2D eigenvalue weighted by Crippen LogP contribution is -2.38. The molecule has 0 unspecified atom stereocenters. The molecule has 5 nitrogen and oxygen atoms in total. The number of aromatic nitrogens is 3. The molecule has 0 radical (unpaired) electrons. The molecule has 2 aromatic rings. The van der Waals surface area contributed by atoms with Crippen LogP contribution < -0.4 is 5.32 Å². The topological polar surface area (TPSA) is 59.8 Å². The highest BCUT2D eigenvalue weighted by atomic mass is 32.2. The van der Waals surface area contributed by atoms with Crippen LogP contribution in [0.3, 0.4) is 0 Å². The number of allylic oxidation sites excluding steroid dienone is 2. The third kappa shape index (κ3) is 2.19. The quantitative estimate of drug-likeness (QED) is 0.874. The predicted octanol–water partition coefficient (Wildman–Crippen LogP) is 3.33. The molecule has 22 heavy (non-hydrogen) atoms. The molecular formula is C15H16N4OS2. The van der Waals surface area contributed by atoms with Gasteiger partial charge in [-0.15, -0.1) is 16.4 Å². The summed E-state index contributed by atoms with van der Waals surface area (Å²) < 4.78 is 1.90. The molecule has 0 bridgehead atoms. The SMILES string of the molecule is CCSc1nc2n(n1)[C@H](c1cccs1)[C@H]1C(=O)CCC=C1N2. The third-order valence-corrected chi connectivity index (χ3v) is 5.66. The Bertz CT molecular complexity index is 735. The number of hydrogen-bond donors (Lipinski definition) is 1. The number of nitrogens with zero attached hydrogens (tertiary/aromatic N) is 3. The first kappa shape index (κ1) is 14.0. The highest BCUT2D eigenvalue weighted by molar-refractivity contribution is 7.99. The van der Waals surface area contributed by atoms with Crippen LogP contribution in [0.15, 0.2) is 34.4 Å². The molecule has 3 heterocycles. The molecule has 0 amide bonds. The van der Waals surface area contributed by atoms with Gasteiger partial charge in [0.15, 0.2) is 0 Å². The lowest BCUT2D eigenvalue weighted by Gasteiger charge is -2.35. The van der Waals surface area contributed by atoms with Crippen molar-refractivity contribution in [1.82, 2.24) is 14.8 Å². The number of fused-ring (bicyclic) bond motifs is 2. The lowest BCUT2D eigenvalue weighted by molar-refractivity contribution is -0.123. The highest BCUT2D eigenvalue weighted by Crippen LogP contribution is 2.43. The summed E-state index contributed by atoms with van der Waals surface area (Å²) in [5.41, 5.74) is 0.989. The van der Waals surface area contributed by atoms with E-state index in [1.165, 1.54) is 0 Å². The van der Waals surface area contributed by atoms with E-state index in [1.54, 1.807) is 23.1 Å². The molecule has 2 atom stereocenters. The fourth-order valence-electron chi connectivity index (χ4n) is 3.09. The van der Waals surface area contributed by atoms with Crippen LogP contribution in [0.2, 0.25) is 0 Å². The normalized spacial score (nSPS) is 23.5. The zero-order valence-corrected chi connectivity index (χ0v) is 13.8. The van der Waals surface area contributed by atoms with Crippen molar-refractivity contribution in [3.05, 3.63) is 34.2 Å². The largest absolute Gasteiger partial charge is 0.328 e. The fraction of sp³-hybridized carbons (Fsp3) is 0.400. The van der Waals surface area contributed by atoms with E-state index in [9.17, 15) is 4.79 Å². The minimum absolute atomic E-state index is 0.0750. The second-order valence-electron chi connectivity index (χ2n) is 5.32. The second kappa shape index (κ2) is 5.55. The van der Waals surface area contributed by atoms with Crippen LogP contribution in [0.4, 0.5) is 5.95 Å². The van der Waals surface area contributed by atoms with Crippen LogP contribution in [0.25, 0.3) is 0 Å². The Kier molecular flexibility index (Phi) is 3.54. The van der Waals surface area contributed by atoms with Gasteiger partial charge < -0.3 is 5.32 Å². The summed E-state index contributed by atoms with van der Waals surface area (Å²) in [4.78, 5) is 18.3. The number of Topliss-reactive ketones (excluding diaryl/α,β-unsaturated/α-hetero) is 1. The first-order chi connectivity index (χ1) is 10.8. The van der Waals surface area contributed by atoms with E-state index in [0.717, 1.165) is 33.9 Å². The number of nitrogens with one attached hydrogen (secondary N) is 1. The average Bonchev–Trinajstić information content (AvgIpc) is 3.14. The average molecular weight is 332 g/mol. The number of rotatable bonds is 3. The number of thiophene rings is 1. The highest BCUT2D eigenvalue weighted by Gasteiger charge is 2.41. The first-order valence-corrected chi connectivity index (χ1v) is 9.27. The van der Waals surface area contributed by atoms with Crippen molar-refractivity contribution in [1.29, 1.82) is 0 Å². The molecule has 1 aliphatic heterocycles. The molecular weight excluding hydrogens is 316 g/mol. The van der Waals surface area contributed by atoms with Crippen LogP contribution in [-0.2, 0) is 4.79 Å². The van der Waals surface area contributed by atoms with Gasteiger partial charge in [0.05, 0.1) is 5.92 Å². The van der Waals surface area contributed by atoms with E-state index in [0.29, 0.717) is 6.42 Å². The van der Waals surface area contributed by atoms with Gasteiger partial charge in [0.1, 0.15) is 11.8 Å². The number of thioether (sulfide) groups is 1. The van der Waals surface area contributed by atoms with Gasteiger partial charge >= 0.3 is 0 Å². The zero-order valence-electron chi connectivity index (χ0n) is 12.2. The maximum atomic E-state index is 12.5. The van der Waals surface area contributed by atoms with E-state index in [4.69, 9.17) is 0 Å². The van der Waals surface area contributed by atoms with Crippen LogP contribution in [0, 0.1) is 5.92 Å². The Morgan fingerprint density at radius 3 is 3.23 bits per heavy atom. The van der Waals surface area contributed by atoms with Crippen molar-refractivity contribution >= 4 is 34.8 Å². The third-order valence-electron chi connectivity index (χ3n) is 3.99. The lowest BCUT2D eigenvalue weighted by atomic mass is 9.83. The van der Waals surface area contributed by atoms with Gasteiger partial charge in [-0.3, -0.25) is 4.79 Å². The molecule has 1 aliphatic carbocycles. The van der Waals surface area contributed by atoms with Crippen LogP contribution in [0.1, 0.15) is 30.7 Å². The summed E-state index contributed by atoms with van der Waals surface area (Å²) in [5, 5.41) is 10.8. The predicted molar refractivity (Wildman–Crippen MR) is 88.3 cm³/mol. The van der Waals surface area contributed by atoms with Crippen molar-refractivity contribution in [3.8, 4) is 0 Å². The molecule has 0 saturated carbocycles. The standard InChI is InChI=1S/C15H16N4OS2/c1-2-21-15-17-14-16-9-5-3-6-10(20)12(9)13(19(14)18-15)11-7-4-8-22-11/h4-5,7-8,12-13H,2-3,6H2,1H3,(H,16,17,18)/t12-,13-/m1/s1. The summed E-state index contributed by atoms with van der Waals surface area (Å²) in [6, 6.07) is 4.03. The number of ketones is 1.